The lowest BCUT2D eigenvalue weighted by Crippen LogP contribution is -2.36. The second kappa shape index (κ2) is 7.05. The summed E-state index contributed by atoms with van der Waals surface area (Å²) in [7, 11) is 0. The second-order valence-corrected chi connectivity index (χ2v) is 6.75. The Morgan fingerprint density at radius 3 is 2.71 bits per heavy atom. The van der Waals surface area contributed by atoms with E-state index in [-0.39, 0.29) is 34.5 Å². The van der Waals surface area contributed by atoms with Crippen LogP contribution in [0, 0.1) is 15.9 Å². The molecule has 2 heterocycles. The summed E-state index contributed by atoms with van der Waals surface area (Å²) in [4.78, 5) is 24.9. The number of hydrogen-bond acceptors (Lipinski definition) is 5. The van der Waals surface area contributed by atoms with Crippen molar-refractivity contribution in [3.8, 4) is 11.3 Å². The zero-order valence-corrected chi connectivity index (χ0v) is 15.1. The van der Waals surface area contributed by atoms with Gasteiger partial charge in [0.2, 0.25) is 0 Å². The highest BCUT2D eigenvalue weighted by Gasteiger charge is 2.29. The van der Waals surface area contributed by atoms with Crippen LogP contribution in [0.1, 0.15) is 21.6 Å². The van der Waals surface area contributed by atoms with Crippen molar-refractivity contribution < 1.29 is 18.6 Å². The Hall–Kier alpha value is -3.26. The maximum atomic E-state index is 13.2. The maximum Gasteiger partial charge on any atom is 0.288 e. The lowest BCUT2D eigenvalue weighted by atomic mass is 10.0. The van der Waals surface area contributed by atoms with Crippen LogP contribution in [0.4, 0.5) is 10.1 Å². The number of benzene rings is 2. The molecule has 2 aromatic carbocycles. The summed E-state index contributed by atoms with van der Waals surface area (Å²) in [5, 5.41) is 15.1. The minimum absolute atomic E-state index is 0.0277. The molecule has 1 amide bonds. The molecule has 1 aliphatic heterocycles. The Morgan fingerprint density at radius 1 is 1.25 bits per heavy atom. The van der Waals surface area contributed by atoms with Crippen LogP contribution >= 0.6 is 11.6 Å². The fourth-order valence-corrected chi connectivity index (χ4v) is 3.37. The van der Waals surface area contributed by atoms with Crippen molar-refractivity contribution in [2.45, 2.75) is 13.0 Å². The number of nitrogens with zero attached hydrogens (tertiary/aromatic N) is 3. The summed E-state index contributed by atoms with van der Waals surface area (Å²) in [6.45, 7) is 0.637. The third kappa shape index (κ3) is 3.22. The topological polar surface area (TPSA) is 89.5 Å². The SMILES string of the molecule is O=C(c1ccc(Cl)c([N+](=O)[O-])c1)N1CCc2noc(-c3ccc(F)cc3)c2C1. The summed E-state index contributed by atoms with van der Waals surface area (Å²) in [6.07, 6.45) is 0.488. The first-order valence-corrected chi connectivity index (χ1v) is 8.78. The molecular formula is C19H13ClFN3O4. The van der Waals surface area contributed by atoms with E-state index in [1.54, 1.807) is 17.0 Å². The van der Waals surface area contributed by atoms with Crippen molar-refractivity contribution in [1.82, 2.24) is 10.1 Å². The average Bonchev–Trinajstić information content (AvgIpc) is 3.11. The van der Waals surface area contributed by atoms with Crippen LogP contribution in [0.25, 0.3) is 11.3 Å². The number of hydrogen-bond donors (Lipinski definition) is 0. The fourth-order valence-electron chi connectivity index (χ4n) is 3.18. The van der Waals surface area contributed by atoms with Crippen LogP contribution < -0.4 is 0 Å². The summed E-state index contributed by atoms with van der Waals surface area (Å²) >= 11 is 5.82. The number of fused-ring (bicyclic) bond motifs is 1. The van der Waals surface area contributed by atoms with E-state index in [1.165, 1.54) is 30.3 Å². The molecule has 1 aromatic heterocycles. The molecule has 142 valence electrons. The number of aromatic nitrogens is 1. The molecule has 0 radical (unpaired) electrons. The molecule has 0 fully saturated rings. The van der Waals surface area contributed by atoms with Gasteiger partial charge in [0.1, 0.15) is 10.8 Å². The highest BCUT2D eigenvalue weighted by atomic mass is 35.5. The van der Waals surface area contributed by atoms with Gasteiger partial charge < -0.3 is 9.42 Å². The molecule has 0 N–H and O–H groups in total. The van der Waals surface area contributed by atoms with Gasteiger partial charge in [0.05, 0.1) is 17.2 Å². The lowest BCUT2D eigenvalue weighted by Gasteiger charge is -2.26. The molecule has 0 spiro atoms. The molecule has 1 aliphatic rings. The Bertz CT molecular complexity index is 1080. The van der Waals surface area contributed by atoms with Crippen molar-refractivity contribution in [1.29, 1.82) is 0 Å². The Morgan fingerprint density at radius 2 is 2.00 bits per heavy atom. The van der Waals surface area contributed by atoms with E-state index in [4.69, 9.17) is 16.1 Å². The number of rotatable bonds is 3. The summed E-state index contributed by atoms with van der Waals surface area (Å²) in [6, 6.07) is 9.78. The van der Waals surface area contributed by atoms with Crippen molar-refractivity contribution in [2.75, 3.05) is 6.54 Å². The highest BCUT2D eigenvalue weighted by molar-refractivity contribution is 6.32. The molecule has 28 heavy (non-hydrogen) atoms. The smallest absolute Gasteiger partial charge is 0.288 e. The van der Waals surface area contributed by atoms with Crippen LogP contribution in [0.2, 0.25) is 5.02 Å². The first-order chi connectivity index (χ1) is 13.4. The predicted octanol–water partition coefficient (Wildman–Crippen LogP) is 4.24. The monoisotopic (exact) mass is 401 g/mol. The number of carbonyl (C=O) groups excluding carboxylic acids is 1. The molecule has 0 unspecified atom stereocenters. The number of carbonyl (C=O) groups is 1. The predicted molar refractivity (Wildman–Crippen MR) is 98.4 cm³/mol. The normalized spacial score (nSPS) is 13.3. The molecule has 0 aliphatic carbocycles. The average molecular weight is 402 g/mol. The largest absolute Gasteiger partial charge is 0.356 e. The van der Waals surface area contributed by atoms with Crippen molar-refractivity contribution >= 4 is 23.2 Å². The molecule has 0 saturated carbocycles. The van der Waals surface area contributed by atoms with Crippen LogP contribution in [0.5, 0.6) is 0 Å². The van der Waals surface area contributed by atoms with E-state index in [1.807, 2.05) is 0 Å². The van der Waals surface area contributed by atoms with Crippen LogP contribution in [-0.2, 0) is 13.0 Å². The minimum Gasteiger partial charge on any atom is -0.356 e. The van der Waals surface area contributed by atoms with Crippen molar-refractivity contribution in [2.24, 2.45) is 0 Å². The van der Waals surface area contributed by atoms with Gasteiger partial charge in [-0.15, -0.1) is 0 Å². The van der Waals surface area contributed by atoms with Crippen LogP contribution in [-0.4, -0.2) is 27.4 Å². The van der Waals surface area contributed by atoms with Gasteiger partial charge in [0.15, 0.2) is 5.76 Å². The Balaban J connectivity index is 1.63. The van der Waals surface area contributed by atoms with Gasteiger partial charge in [0, 0.05) is 35.7 Å². The molecule has 0 saturated heterocycles. The van der Waals surface area contributed by atoms with Gasteiger partial charge in [0.25, 0.3) is 11.6 Å². The summed E-state index contributed by atoms with van der Waals surface area (Å²) < 4.78 is 18.6. The summed E-state index contributed by atoms with van der Waals surface area (Å²) in [5.41, 5.74) is 2.01. The maximum absolute atomic E-state index is 13.2. The molecular weight excluding hydrogens is 389 g/mol. The first kappa shape index (κ1) is 18.1. The molecule has 9 heteroatoms. The van der Waals surface area contributed by atoms with Gasteiger partial charge in [-0.1, -0.05) is 16.8 Å². The molecule has 7 nitrogen and oxygen atoms in total. The molecule has 3 aromatic rings. The second-order valence-electron chi connectivity index (χ2n) is 6.34. The van der Waals surface area contributed by atoms with E-state index >= 15 is 0 Å². The van der Waals surface area contributed by atoms with Crippen molar-refractivity contribution in [3.05, 3.63) is 80.2 Å². The van der Waals surface area contributed by atoms with Gasteiger partial charge in [-0.2, -0.15) is 0 Å². The Labute approximate surface area is 163 Å². The standard InChI is InChI=1S/C19H13ClFN3O4/c20-15-6-3-12(9-17(15)24(26)27)19(25)23-8-7-16-14(10-23)18(28-22-16)11-1-4-13(21)5-2-11/h1-6,9H,7-8,10H2. The van der Waals surface area contributed by atoms with Crippen LogP contribution in [0.15, 0.2) is 47.0 Å². The highest BCUT2D eigenvalue weighted by Crippen LogP contribution is 2.32. The Kier molecular flexibility index (Phi) is 4.56. The zero-order chi connectivity index (χ0) is 19.8. The lowest BCUT2D eigenvalue weighted by molar-refractivity contribution is -0.384. The molecule has 4 rings (SSSR count). The van der Waals surface area contributed by atoms with Gasteiger partial charge >= 0.3 is 0 Å². The quantitative estimate of drug-likeness (QED) is 0.483. The zero-order valence-electron chi connectivity index (χ0n) is 14.4. The third-order valence-corrected chi connectivity index (χ3v) is 4.94. The van der Waals surface area contributed by atoms with E-state index in [2.05, 4.69) is 5.16 Å². The first-order valence-electron chi connectivity index (χ1n) is 8.40. The molecule has 0 atom stereocenters. The van der Waals surface area contributed by atoms with Crippen molar-refractivity contribution in [3.63, 3.8) is 0 Å². The molecule has 0 bridgehead atoms. The van der Waals surface area contributed by atoms with Gasteiger partial charge in [-0.3, -0.25) is 14.9 Å². The minimum atomic E-state index is -0.625. The van der Waals surface area contributed by atoms with E-state index in [9.17, 15) is 19.3 Å². The number of halogens is 2. The third-order valence-electron chi connectivity index (χ3n) is 4.62. The number of amides is 1. The van der Waals surface area contributed by atoms with Crippen LogP contribution in [0.3, 0.4) is 0 Å². The van der Waals surface area contributed by atoms with Gasteiger partial charge in [-0.25, -0.2) is 4.39 Å². The van der Waals surface area contributed by atoms with E-state index in [0.29, 0.717) is 24.3 Å². The van der Waals surface area contributed by atoms with Gasteiger partial charge in [-0.05, 0) is 36.4 Å². The van der Waals surface area contributed by atoms with E-state index in [0.717, 1.165) is 11.3 Å². The van der Waals surface area contributed by atoms with E-state index < -0.39 is 4.92 Å². The summed E-state index contributed by atoms with van der Waals surface area (Å²) in [5.74, 6) is -0.232. The fraction of sp³-hybridized carbons (Fsp3) is 0.158. The number of nitro groups is 1. The number of nitro benzene ring substituents is 1.